The fraction of sp³-hybridized carbons (Fsp3) is 0.415. The number of halogens is 1. The number of anilines is 6. The van der Waals surface area contributed by atoms with Gasteiger partial charge in [-0.1, -0.05) is 35.9 Å². The molecule has 1 atom stereocenters. The average molecular weight is 803 g/mol. The van der Waals surface area contributed by atoms with Crippen molar-refractivity contribution >= 4 is 67.8 Å². The van der Waals surface area contributed by atoms with Crippen LogP contribution in [0, 0.1) is 6.92 Å². The summed E-state index contributed by atoms with van der Waals surface area (Å²) in [5.74, 6) is 0.701. The van der Waals surface area contributed by atoms with Crippen LogP contribution in [0.25, 0.3) is 0 Å². The van der Waals surface area contributed by atoms with E-state index in [2.05, 4.69) is 73.2 Å². The van der Waals surface area contributed by atoms with Gasteiger partial charge < -0.3 is 25.6 Å². The van der Waals surface area contributed by atoms with Gasteiger partial charge >= 0.3 is 0 Å². The molecule has 4 aromatic rings. The first-order valence-corrected chi connectivity index (χ1v) is 21.0. The van der Waals surface area contributed by atoms with Crippen molar-refractivity contribution in [3.8, 4) is 5.75 Å². The highest BCUT2D eigenvalue weighted by Gasteiger charge is 2.28. The molecule has 3 heterocycles. The van der Waals surface area contributed by atoms with Crippen LogP contribution in [0.3, 0.4) is 0 Å². The molecule has 2 aliphatic heterocycles. The molecule has 2 amide bonds. The van der Waals surface area contributed by atoms with E-state index in [1.165, 1.54) is 11.8 Å². The number of benzene rings is 3. The van der Waals surface area contributed by atoms with E-state index >= 15 is 0 Å². The second kappa shape index (κ2) is 17.5. The van der Waals surface area contributed by atoms with Gasteiger partial charge in [-0.05, 0) is 102 Å². The van der Waals surface area contributed by atoms with Crippen molar-refractivity contribution in [3.05, 3.63) is 83.0 Å². The molecule has 13 nitrogen and oxygen atoms in total. The number of nitrogens with one attached hydrogen (secondary N) is 4. The number of amides is 2. The predicted octanol–water partition coefficient (Wildman–Crippen LogP) is 7.21. The van der Waals surface area contributed by atoms with Crippen molar-refractivity contribution in [1.29, 1.82) is 0 Å². The Bertz CT molecular complexity index is 2160. The Morgan fingerprint density at radius 1 is 0.982 bits per heavy atom. The minimum Gasteiger partial charge on any atom is -0.489 e. The van der Waals surface area contributed by atoms with Crippen molar-refractivity contribution in [2.45, 2.75) is 95.2 Å². The van der Waals surface area contributed by atoms with Gasteiger partial charge in [0.1, 0.15) is 16.8 Å². The second-order valence-corrected chi connectivity index (χ2v) is 17.9. The number of hydrogen-bond donors (Lipinski definition) is 4. The molecular weight excluding hydrogens is 752 g/mol. The van der Waals surface area contributed by atoms with Gasteiger partial charge in [0.15, 0.2) is 15.7 Å². The number of hydrogen-bond acceptors (Lipinski definition) is 12. The zero-order valence-corrected chi connectivity index (χ0v) is 34.3. The molecule has 0 bridgehead atoms. The van der Waals surface area contributed by atoms with Crippen molar-refractivity contribution < 1.29 is 22.7 Å². The number of carbonyl (C=O) groups is 2. The third-order valence-electron chi connectivity index (χ3n) is 10.1. The van der Waals surface area contributed by atoms with E-state index in [9.17, 15) is 18.0 Å². The summed E-state index contributed by atoms with van der Waals surface area (Å²) in [6.07, 6.45) is 4.22. The number of carbonyl (C=O) groups excluding carboxylic acids is 2. The SMILES string of the molecule is Cc1cc(Nc2ncc(Cl)c(Nc3ccccc3S(=O)(=O)C(C)C)n2)c(OC(C)C)cc1N1CCC(N(C)Cc2ccc(NC3CCC(=O)NC3=O)cc2)CC1. The lowest BCUT2D eigenvalue weighted by molar-refractivity contribution is -0.133. The van der Waals surface area contributed by atoms with Gasteiger partial charge in [-0.3, -0.25) is 19.8 Å². The number of sulfone groups is 1. The van der Waals surface area contributed by atoms with Gasteiger partial charge in [0, 0.05) is 49.5 Å². The lowest BCUT2D eigenvalue weighted by atomic mass is 10.0. The fourth-order valence-electron chi connectivity index (χ4n) is 7.01. The van der Waals surface area contributed by atoms with Crippen LogP contribution in [0.2, 0.25) is 5.02 Å². The summed E-state index contributed by atoms with van der Waals surface area (Å²) in [7, 11) is -1.40. The first-order valence-electron chi connectivity index (χ1n) is 19.0. The number of nitrogens with zero attached hydrogens (tertiary/aromatic N) is 4. The van der Waals surface area contributed by atoms with E-state index in [4.69, 9.17) is 16.3 Å². The number of para-hydroxylation sites is 1. The van der Waals surface area contributed by atoms with Crippen molar-refractivity contribution in [1.82, 2.24) is 20.2 Å². The third kappa shape index (κ3) is 9.71. The normalized spacial score (nSPS) is 16.7. The van der Waals surface area contributed by atoms with E-state index in [0.29, 0.717) is 36.0 Å². The van der Waals surface area contributed by atoms with E-state index in [1.54, 1.807) is 38.1 Å². The Kier molecular flexibility index (Phi) is 12.7. The number of imide groups is 1. The summed E-state index contributed by atoms with van der Waals surface area (Å²) in [5, 5.41) is 11.7. The highest BCUT2D eigenvalue weighted by atomic mass is 35.5. The topological polar surface area (TPSA) is 158 Å². The van der Waals surface area contributed by atoms with Gasteiger partial charge in [-0.2, -0.15) is 4.98 Å². The number of rotatable bonds is 14. The summed E-state index contributed by atoms with van der Waals surface area (Å²) in [4.78, 5) is 37.6. The molecule has 0 aliphatic carbocycles. The first-order chi connectivity index (χ1) is 26.7. The molecule has 15 heteroatoms. The number of piperidine rings is 2. The molecular formula is C41H51ClN8O5S. The maximum absolute atomic E-state index is 13.1. The maximum Gasteiger partial charge on any atom is 0.249 e. The van der Waals surface area contributed by atoms with Crippen LogP contribution in [0.15, 0.2) is 71.8 Å². The molecule has 0 spiro atoms. The smallest absolute Gasteiger partial charge is 0.249 e. The van der Waals surface area contributed by atoms with Gasteiger partial charge in [0.2, 0.25) is 17.8 Å². The van der Waals surface area contributed by atoms with Crippen molar-refractivity contribution in [2.24, 2.45) is 0 Å². The quantitative estimate of drug-likeness (QED) is 0.0952. The molecule has 2 aliphatic rings. The van der Waals surface area contributed by atoms with Crippen LogP contribution < -0.4 is 30.9 Å². The van der Waals surface area contributed by atoms with Crippen LogP contribution in [0.4, 0.5) is 34.5 Å². The molecule has 1 aromatic heterocycles. The Balaban J connectivity index is 1.10. The molecule has 0 saturated carbocycles. The number of aryl methyl sites for hydroxylation is 1. The highest BCUT2D eigenvalue weighted by molar-refractivity contribution is 7.92. The molecule has 0 radical (unpaired) electrons. The van der Waals surface area contributed by atoms with Crippen molar-refractivity contribution in [2.75, 3.05) is 41.0 Å². The molecule has 1 unspecified atom stereocenters. The van der Waals surface area contributed by atoms with E-state index in [0.717, 1.165) is 49.4 Å². The molecule has 298 valence electrons. The molecule has 2 fully saturated rings. The Hall–Kier alpha value is -4.92. The van der Waals surface area contributed by atoms with Crippen molar-refractivity contribution in [3.63, 3.8) is 0 Å². The molecule has 56 heavy (non-hydrogen) atoms. The number of ether oxygens (including phenoxy) is 1. The minimum atomic E-state index is -3.57. The Labute approximate surface area is 334 Å². The summed E-state index contributed by atoms with van der Waals surface area (Å²) < 4.78 is 32.4. The van der Waals surface area contributed by atoms with E-state index in [-0.39, 0.29) is 39.6 Å². The van der Waals surface area contributed by atoms with Crippen LogP contribution in [0.5, 0.6) is 5.75 Å². The zero-order chi connectivity index (χ0) is 40.1. The molecule has 3 aromatic carbocycles. The average Bonchev–Trinajstić information content (AvgIpc) is 3.16. The van der Waals surface area contributed by atoms with Gasteiger partial charge in [0.05, 0.1) is 33.8 Å². The number of aromatic nitrogens is 2. The molecule has 6 rings (SSSR count). The fourth-order valence-corrected chi connectivity index (χ4v) is 8.35. The van der Waals surface area contributed by atoms with Crippen LogP contribution in [-0.4, -0.2) is 78.7 Å². The monoisotopic (exact) mass is 802 g/mol. The van der Waals surface area contributed by atoms with Crippen LogP contribution in [-0.2, 0) is 26.0 Å². The molecule has 2 saturated heterocycles. The summed E-state index contributed by atoms with van der Waals surface area (Å²) in [6, 6.07) is 19.0. The third-order valence-corrected chi connectivity index (χ3v) is 12.6. The van der Waals surface area contributed by atoms with Gasteiger partial charge in [-0.15, -0.1) is 0 Å². The predicted molar refractivity (Wildman–Crippen MR) is 222 cm³/mol. The summed E-state index contributed by atoms with van der Waals surface area (Å²) in [6.45, 7) is 11.9. The summed E-state index contributed by atoms with van der Waals surface area (Å²) in [5.41, 5.74) is 5.30. The lowest BCUT2D eigenvalue weighted by Crippen LogP contribution is -2.47. The Morgan fingerprint density at radius 3 is 2.38 bits per heavy atom. The van der Waals surface area contributed by atoms with Crippen LogP contribution >= 0.6 is 11.6 Å². The maximum atomic E-state index is 13.1. The second-order valence-electron chi connectivity index (χ2n) is 15.0. The van der Waals surface area contributed by atoms with Gasteiger partial charge in [-0.25, -0.2) is 13.4 Å². The first kappa shape index (κ1) is 40.7. The standard InChI is InChI=1S/C41H51ClN8O5S/c1-25(2)55-36-22-35(50-19-17-30(18-20-50)49(6)24-28-11-13-29(14-12-28)44-33-15-16-38(51)47-40(33)52)27(5)21-34(36)46-41-43-23-31(42)39(48-41)45-32-9-7-8-10-37(32)56(53,54)26(3)4/h7-14,21-23,25-26,30,33,44H,15-20,24H2,1-6H3,(H,47,51,52)(H2,43,45,46,48). The zero-order valence-electron chi connectivity index (χ0n) is 32.7. The van der Waals surface area contributed by atoms with Gasteiger partial charge in [0.25, 0.3) is 0 Å². The van der Waals surface area contributed by atoms with E-state index in [1.807, 2.05) is 32.0 Å². The molecule has 4 N–H and O–H groups in total. The van der Waals surface area contributed by atoms with E-state index < -0.39 is 21.1 Å². The summed E-state index contributed by atoms with van der Waals surface area (Å²) >= 11 is 6.50. The lowest BCUT2D eigenvalue weighted by Gasteiger charge is -2.38. The van der Waals surface area contributed by atoms with Crippen LogP contribution in [0.1, 0.15) is 64.5 Å². The highest BCUT2D eigenvalue weighted by Crippen LogP contribution is 2.38. The largest absolute Gasteiger partial charge is 0.489 e. The Morgan fingerprint density at radius 2 is 1.70 bits per heavy atom. The minimum absolute atomic E-state index is 0.0875.